The van der Waals surface area contributed by atoms with Crippen molar-refractivity contribution in [3.8, 4) is 0 Å². The van der Waals surface area contributed by atoms with Gasteiger partial charge in [0.15, 0.2) is 5.11 Å². The van der Waals surface area contributed by atoms with E-state index in [0.29, 0.717) is 11.7 Å². The highest BCUT2D eigenvalue weighted by molar-refractivity contribution is 7.80. The number of hydrogen-bond donors (Lipinski definition) is 2. The molecule has 0 amide bonds. The molecule has 1 aromatic rings. The molecule has 14 heavy (non-hydrogen) atoms. The summed E-state index contributed by atoms with van der Waals surface area (Å²) < 4.78 is 0. The second kappa shape index (κ2) is 5.57. The van der Waals surface area contributed by atoms with Gasteiger partial charge in [-0.05, 0) is 24.4 Å². The van der Waals surface area contributed by atoms with Crippen molar-refractivity contribution in [2.45, 2.75) is 0 Å². The summed E-state index contributed by atoms with van der Waals surface area (Å²) in [4.78, 5) is 1.79. The maximum absolute atomic E-state index is 8.72. The molecule has 1 aromatic carbocycles. The average molecular weight is 210 g/mol. The molecule has 3 nitrogen and oxygen atoms in total. The minimum atomic E-state index is 0.104. The lowest BCUT2D eigenvalue weighted by molar-refractivity contribution is 0.265. The predicted octanol–water partition coefficient (Wildman–Crippen LogP) is 1.31. The summed E-state index contributed by atoms with van der Waals surface area (Å²) in [6.07, 6.45) is 0. The number of rotatable bonds is 3. The predicted molar refractivity (Wildman–Crippen MR) is 62.4 cm³/mol. The topological polar surface area (TPSA) is 35.5 Å². The molecule has 0 atom stereocenters. The first kappa shape index (κ1) is 10.9. The van der Waals surface area contributed by atoms with E-state index < -0.39 is 0 Å². The average Bonchev–Trinajstić information content (AvgIpc) is 2.19. The fraction of sp³-hybridized carbons (Fsp3) is 0.300. The van der Waals surface area contributed by atoms with Crippen LogP contribution in [0.5, 0.6) is 0 Å². The molecule has 0 spiro atoms. The Morgan fingerprint density at radius 1 is 1.43 bits per heavy atom. The molecule has 0 aliphatic carbocycles. The maximum atomic E-state index is 8.72. The molecule has 0 aliphatic rings. The second-order valence-electron chi connectivity index (χ2n) is 2.94. The van der Waals surface area contributed by atoms with Crippen LogP contribution in [0.15, 0.2) is 30.3 Å². The molecule has 0 saturated heterocycles. The summed E-state index contributed by atoms with van der Waals surface area (Å²) in [5.74, 6) is 0. The van der Waals surface area contributed by atoms with Crippen molar-refractivity contribution in [2.75, 3.05) is 25.5 Å². The summed E-state index contributed by atoms with van der Waals surface area (Å²) in [6.45, 7) is 0.645. The maximum Gasteiger partial charge on any atom is 0.173 e. The van der Waals surface area contributed by atoms with E-state index in [0.717, 1.165) is 5.69 Å². The highest BCUT2D eigenvalue weighted by Gasteiger charge is 2.02. The van der Waals surface area contributed by atoms with Gasteiger partial charge in [0.1, 0.15) is 0 Å². The van der Waals surface area contributed by atoms with Crippen LogP contribution < -0.4 is 5.32 Å². The third kappa shape index (κ3) is 3.32. The van der Waals surface area contributed by atoms with Gasteiger partial charge in [0.2, 0.25) is 0 Å². The Bertz CT molecular complexity index is 289. The van der Waals surface area contributed by atoms with Crippen LogP contribution in [0.2, 0.25) is 0 Å². The van der Waals surface area contributed by atoms with Crippen molar-refractivity contribution in [1.82, 2.24) is 4.90 Å². The number of benzene rings is 1. The zero-order valence-electron chi connectivity index (χ0n) is 8.10. The van der Waals surface area contributed by atoms with Crippen LogP contribution in [0.25, 0.3) is 0 Å². The van der Waals surface area contributed by atoms with Crippen LogP contribution in [0.3, 0.4) is 0 Å². The van der Waals surface area contributed by atoms with Gasteiger partial charge >= 0.3 is 0 Å². The first-order chi connectivity index (χ1) is 6.74. The van der Waals surface area contributed by atoms with E-state index in [-0.39, 0.29) is 6.61 Å². The Hall–Kier alpha value is -1.13. The molecular formula is C10H14N2OS. The third-order valence-electron chi connectivity index (χ3n) is 1.81. The van der Waals surface area contributed by atoms with Crippen LogP contribution >= 0.6 is 12.2 Å². The third-order valence-corrected chi connectivity index (χ3v) is 2.22. The van der Waals surface area contributed by atoms with Crippen LogP contribution in [0.4, 0.5) is 5.69 Å². The van der Waals surface area contributed by atoms with Crippen molar-refractivity contribution in [3.05, 3.63) is 30.3 Å². The van der Waals surface area contributed by atoms with Gasteiger partial charge in [-0.25, -0.2) is 0 Å². The van der Waals surface area contributed by atoms with Crippen molar-refractivity contribution < 1.29 is 5.11 Å². The van der Waals surface area contributed by atoms with Gasteiger partial charge < -0.3 is 15.3 Å². The Morgan fingerprint density at radius 3 is 2.64 bits per heavy atom. The normalized spacial score (nSPS) is 9.57. The first-order valence-corrected chi connectivity index (χ1v) is 4.83. The molecule has 0 saturated carbocycles. The number of hydrogen-bond acceptors (Lipinski definition) is 2. The lowest BCUT2D eigenvalue weighted by Gasteiger charge is -2.19. The van der Waals surface area contributed by atoms with Gasteiger partial charge in [-0.1, -0.05) is 18.2 Å². The lowest BCUT2D eigenvalue weighted by Crippen LogP contribution is -2.33. The summed E-state index contributed by atoms with van der Waals surface area (Å²) in [5.41, 5.74) is 0.960. The number of aliphatic hydroxyl groups excluding tert-OH is 1. The van der Waals surface area contributed by atoms with Crippen molar-refractivity contribution in [2.24, 2.45) is 0 Å². The molecule has 0 fully saturated rings. The lowest BCUT2D eigenvalue weighted by atomic mass is 10.3. The van der Waals surface area contributed by atoms with E-state index in [1.54, 1.807) is 4.90 Å². The summed E-state index contributed by atoms with van der Waals surface area (Å²) in [5, 5.41) is 12.4. The summed E-state index contributed by atoms with van der Waals surface area (Å²) >= 11 is 5.13. The Kier molecular flexibility index (Phi) is 4.35. The van der Waals surface area contributed by atoms with Crippen LogP contribution in [0.1, 0.15) is 0 Å². The highest BCUT2D eigenvalue weighted by atomic mass is 32.1. The van der Waals surface area contributed by atoms with Crippen molar-refractivity contribution >= 4 is 23.0 Å². The molecule has 76 valence electrons. The van der Waals surface area contributed by atoms with Crippen LogP contribution in [0, 0.1) is 0 Å². The number of likely N-dealkylation sites (N-methyl/N-ethyl adjacent to an activating group) is 1. The van der Waals surface area contributed by atoms with E-state index in [4.69, 9.17) is 17.3 Å². The Balaban J connectivity index is 2.49. The van der Waals surface area contributed by atoms with Gasteiger partial charge in [0.05, 0.1) is 6.61 Å². The molecule has 1 rings (SSSR count). The van der Waals surface area contributed by atoms with E-state index in [1.165, 1.54) is 0 Å². The summed E-state index contributed by atoms with van der Waals surface area (Å²) in [6, 6.07) is 9.72. The number of nitrogens with one attached hydrogen (secondary N) is 1. The fourth-order valence-electron chi connectivity index (χ4n) is 0.992. The first-order valence-electron chi connectivity index (χ1n) is 4.42. The standard InChI is InChI=1S/C10H14N2OS/c1-12(7-8-13)10(14)11-9-5-3-2-4-6-9/h2-6,13H,7-8H2,1H3,(H,11,14). The molecule has 4 heteroatoms. The van der Waals surface area contributed by atoms with Gasteiger partial charge in [0, 0.05) is 19.3 Å². The number of para-hydroxylation sites is 1. The molecule has 0 aliphatic heterocycles. The Labute approximate surface area is 89.4 Å². The number of aliphatic hydroxyl groups is 1. The number of anilines is 1. The quantitative estimate of drug-likeness (QED) is 0.737. The minimum absolute atomic E-state index is 0.104. The van der Waals surface area contributed by atoms with Gasteiger partial charge in [-0.15, -0.1) is 0 Å². The highest BCUT2D eigenvalue weighted by Crippen LogP contribution is 2.05. The van der Waals surface area contributed by atoms with Gasteiger partial charge in [0.25, 0.3) is 0 Å². The number of nitrogens with zero attached hydrogens (tertiary/aromatic N) is 1. The van der Waals surface area contributed by atoms with E-state index >= 15 is 0 Å². The fourth-order valence-corrected chi connectivity index (χ4v) is 1.20. The zero-order valence-corrected chi connectivity index (χ0v) is 8.92. The van der Waals surface area contributed by atoms with Crippen LogP contribution in [-0.2, 0) is 0 Å². The molecular weight excluding hydrogens is 196 g/mol. The van der Waals surface area contributed by atoms with Crippen molar-refractivity contribution in [3.63, 3.8) is 0 Å². The molecule has 2 N–H and O–H groups in total. The van der Waals surface area contributed by atoms with E-state index in [2.05, 4.69) is 5.32 Å². The van der Waals surface area contributed by atoms with Gasteiger partial charge in [-0.2, -0.15) is 0 Å². The smallest absolute Gasteiger partial charge is 0.173 e. The van der Waals surface area contributed by atoms with E-state index in [9.17, 15) is 0 Å². The number of thiocarbonyl (C=S) groups is 1. The molecule has 0 aromatic heterocycles. The SMILES string of the molecule is CN(CCO)C(=S)Nc1ccccc1. The van der Waals surface area contributed by atoms with E-state index in [1.807, 2.05) is 37.4 Å². The monoisotopic (exact) mass is 210 g/mol. The summed E-state index contributed by atoms with van der Waals surface area (Å²) in [7, 11) is 1.84. The molecule has 0 heterocycles. The zero-order chi connectivity index (χ0) is 10.4. The van der Waals surface area contributed by atoms with Crippen LogP contribution in [-0.4, -0.2) is 35.3 Å². The largest absolute Gasteiger partial charge is 0.395 e. The van der Waals surface area contributed by atoms with Crippen molar-refractivity contribution in [1.29, 1.82) is 0 Å². The minimum Gasteiger partial charge on any atom is -0.395 e. The molecule has 0 bridgehead atoms. The van der Waals surface area contributed by atoms with Gasteiger partial charge in [-0.3, -0.25) is 0 Å². The second-order valence-corrected chi connectivity index (χ2v) is 3.33. The Morgan fingerprint density at radius 2 is 2.07 bits per heavy atom. The molecule has 0 radical (unpaired) electrons. The molecule has 0 unspecified atom stereocenters.